The molecular formula is C15H22O. The molecule has 1 aliphatic carbocycles. The number of hydrogen-bond donors (Lipinski definition) is 0. The molecule has 1 heteroatoms. The van der Waals surface area contributed by atoms with Crippen LogP contribution in [0.25, 0.3) is 0 Å². The standard InChI is InChI=1S/C15H22O/c1-2-13-8-10-14(11-9-13)12-16-15-6-4-3-5-7-15/h3-7,13-14H,2,8-12H2,1H3. The van der Waals surface area contributed by atoms with Gasteiger partial charge in [0.25, 0.3) is 0 Å². The largest absolute Gasteiger partial charge is 0.493 e. The molecule has 0 aliphatic heterocycles. The molecule has 0 N–H and O–H groups in total. The molecule has 1 fully saturated rings. The maximum Gasteiger partial charge on any atom is 0.119 e. The Morgan fingerprint density at radius 2 is 1.62 bits per heavy atom. The van der Waals surface area contributed by atoms with Crippen molar-refractivity contribution in [1.82, 2.24) is 0 Å². The van der Waals surface area contributed by atoms with Crippen LogP contribution in [0.5, 0.6) is 5.75 Å². The molecule has 1 aliphatic rings. The summed E-state index contributed by atoms with van der Waals surface area (Å²) in [7, 11) is 0. The molecule has 2 rings (SSSR count). The fourth-order valence-electron chi connectivity index (χ4n) is 2.54. The van der Waals surface area contributed by atoms with Crippen molar-refractivity contribution in [2.45, 2.75) is 39.0 Å². The zero-order chi connectivity index (χ0) is 11.2. The highest BCUT2D eigenvalue weighted by Gasteiger charge is 2.20. The minimum atomic E-state index is 0.781. The van der Waals surface area contributed by atoms with Crippen LogP contribution in [0.3, 0.4) is 0 Å². The van der Waals surface area contributed by atoms with Crippen LogP contribution in [0.4, 0.5) is 0 Å². The van der Waals surface area contributed by atoms with Crippen LogP contribution in [-0.4, -0.2) is 6.61 Å². The first-order valence-corrected chi connectivity index (χ1v) is 6.56. The van der Waals surface area contributed by atoms with Crippen LogP contribution < -0.4 is 4.74 Å². The van der Waals surface area contributed by atoms with Crippen molar-refractivity contribution in [2.24, 2.45) is 11.8 Å². The van der Waals surface area contributed by atoms with Gasteiger partial charge in [-0.3, -0.25) is 0 Å². The van der Waals surface area contributed by atoms with E-state index in [2.05, 4.69) is 6.92 Å². The van der Waals surface area contributed by atoms with Crippen LogP contribution in [0.1, 0.15) is 39.0 Å². The predicted octanol–water partition coefficient (Wildman–Crippen LogP) is 4.28. The number of rotatable bonds is 4. The number of ether oxygens (including phenoxy) is 1. The first kappa shape index (κ1) is 11.5. The molecule has 0 radical (unpaired) electrons. The molecular weight excluding hydrogens is 196 g/mol. The van der Waals surface area contributed by atoms with E-state index in [1.165, 1.54) is 32.1 Å². The van der Waals surface area contributed by atoms with E-state index in [1.807, 2.05) is 30.3 Å². The van der Waals surface area contributed by atoms with E-state index in [9.17, 15) is 0 Å². The molecule has 0 amide bonds. The molecule has 1 aromatic rings. The smallest absolute Gasteiger partial charge is 0.119 e. The quantitative estimate of drug-likeness (QED) is 0.733. The van der Waals surface area contributed by atoms with E-state index in [0.29, 0.717) is 0 Å². The number of benzene rings is 1. The molecule has 0 unspecified atom stereocenters. The predicted molar refractivity (Wildman–Crippen MR) is 67.7 cm³/mol. The van der Waals surface area contributed by atoms with Crippen molar-refractivity contribution in [3.8, 4) is 5.75 Å². The lowest BCUT2D eigenvalue weighted by Gasteiger charge is -2.27. The molecule has 0 heterocycles. The first-order valence-electron chi connectivity index (χ1n) is 6.56. The highest BCUT2D eigenvalue weighted by molar-refractivity contribution is 5.20. The topological polar surface area (TPSA) is 9.23 Å². The summed E-state index contributed by atoms with van der Waals surface area (Å²) in [5.41, 5.74) is 0. The third-order valence-electron chi connectivity index (χ3n) is 3.77. The van der Waals surface area contributed by atoms with Gasteiger partial charge in [-0.2, -0.15) is 0 Å². The van der Waals surface area contributed by atoms with Crippen LogP contribution in [-0.2, 0) is 0 Å². The normalized spacial score (nSPS) is 25.3. The summed E-state index contributed by atoms with van der Waals surface area (Å²) in [4.78, 5) is 0. The Morgan fingerprint density at radius 3 is 2.25 bits per heavy atom. The maximum atomic E-state index is 5.81. The molecule has 0 bridgehead atoms. The Morgan fingerprint density at radius 1 is 1.00 bits per heavy atom. The minimum Gasteiger partial charge on any atom is -0.493 e. The van der Waals surface area contributed by atoms with Crippen molar-refractivity contribution in [2.75, 3.05) is 6.61 Å². The zero-order valence-electron chi connectivity index (χ0n) is 10.2. The Bertz CT molecular complexity index is 286. The molecule has 1 saturated carbocycles. The van der Waals surface area contributed by atoms with E-state index in [-0.39, 0.29) is 0 Å². The Kier molecular flexibility index (Phi) is 4.26. The van der Waals surface area contributed by atoms with Gasteiger partial charge in [0.15, 0.2) is 0 Å². The molecule has 0 saturated heterocycles. The lowest BCUT2D eigenvalue weighted by Crippen LogP contribution is -2.19. The van der Waals surface area contributed by atoms with Gasteiger partial charge in [0.1, 0.15) is 5.75 Å². The van der Waals surface area contributed by atoms with Crippen molar-refractivity contribution in [1.29, 1.82) is 0 Å². The molecule has 0 aromatic heterocycles. The second kappa shape index (κ2) is 5.93. The summed E-state index contributed by atoms with van der Waals surface area (Å²) in [6.07, 6.45) is 6.86. The van der Waals surface area contributed by atoms with Crippen molar-refractivity contribution < 1.29 is 4.74 Å². The SMILES string of the molecule is CCC1CCC(COc2ccccc2)CC1. The Hall–Kier alpha value is -0.980. The van der Waals surface area contributed by atoms with Crippen LogP contribution in [0, 0.1) is 11.8 Å². The summed E-state index contributed by atoms with van der Waals surface area (Å²) in [5, 5.41) is 0. The van der Waals surface area contributed by atoms with Gasteiger partial charge in [-0.1, -0.05) is 44.4 Å². The monoisotopic (exact) mass is 218 g/mol. The fraction of sp³-hybridized carbons (Fsp3) is 0.600. The average molecular weight is 218 g/mol. The van der Waals surface area contributed by atoms with Gasteiger partial charge < -0.3 is 4.74 Å². The second-order valence-electron chi connectivity index (χ2n) is 4.92. The summed E-state index contributed by atoms with van der Waals surface area (Å²) in [6, 6.07) is 10.2. The van der Waals surface area contributed by atoms with E-state index in [4.69, 9.17) is 4.74 Å². The molecule has 1 nitrogen and oxygen atoms in total. The van der Waals surface area contributed by atoms with Crippen LogP contribution in [0.2, 0.25) is 0 Å². The van der Waals surface area contributed by atoms with Crippen LogP contribution in [0.15, 0.2) is 30.3 Å². The van der Waals surface area contributed by atoms with Gasteiger partial charge in [0, 0.05) is 0 Å². The lowest BCUT2D eigenvalue weighted by atomic mass is 9.81. The van der Waals surface area contributed by atoms with E-state index < -0.39 is 0 Å². The average Bonchev–Trinajstić information content (AvgIpc) is 2.38. The second-order valence-corrected chi connectivity index (χ2v) is 4.92. The van der Waals surface area contributed by atoms with Gasteiger partial charge in [0.2, 0.25) is 0 Å². The fourth-order valence-corrected chi connectivity index (χ4v) is 2.54. The van der Waals surface area contributed by atoms with Gasteiger partial charge >= 0.3 is 0 Å². The van der Waals surface area contributed by atoms with E-state index in [0.717, 1.165) is 24.2 Å². The Labute approximate surface area is 98.8 Å². The first-order chi connectivity index (χ1) is 7.88. The third kappa shape index (κ3) is 3.26. The summed E-state index contributed by atoms with van der Waals surface area (Å²) >= 11 is 0. The Balaban J connectivity index is 1.72. The highest BCUT2D eigenvalue weighted by atomic mass is 16.5. The molecule has 0 atom stereocenters. The van der Waals surface area contributed by atoms with Crippen molar-refractivity contribution in [3.05, 3.63) is 30.3 Å². The van der Waals surface area contributed by atoms with Crippen molar-refractivity contribution in [3.63, 3.8) is 0 Å². The van der Waals surface area contributed by atoms with Gasteiger partial charge in [-0.05, 0) is 36.8 Å². The zero-order valence-corrected chi connectivity index (χ0v) is 10.2. The maximum absolute atomic E-state index is 5.81. The summed E-state index contributed by atoms with van der Waals surface area (Å²) in [6.45, 7) is 3.21. The number of hydrogen-bond acceptors (Lipinski definition) is 1. The summed E-state index contributed by atoms with van der Waals surface area (Å²) < 4.78 is 5.81. The molecule has 16 heavy (non-hydrogen) atoms. The molecule has 1 aromatic carbocycles. The van der Waals surface area contributed by atoms with Crippen molar-refractivity contribution >= 4 is 0 Å². The minimum absolute atomic E-state index is 0.781. The highest BCUT2D eigenvalue weighted by Crippen LogP contribution is 2.30. The third-order valence-corrected chi connectivity index (χ3v) is 3.77. The molecule has 88 valence electrons. The van der Waals surface area contributed by atoms with Gasteiger partial charge in [-0.15, -0.1) is 0 Å². The van der Waals surface area contributed by atoms with E-state index >= 15 is 0 Å². The lowest BCUT2D eigenvalue weighted by molar-refractivity contribution is 0.181. The van der Waals surface area contributed by atoms with Gasteiger partial charge in [-0.25, -0.2) is 0 Å². The summed E-state index contributed by atoms with van der Waals surface area (Å²) in [5.74, 6) is 2.77. The van der Waals surface area contributed by atoms with Crippen LogP contribution >= 0.6 is 0 Å². The molecule has 0 spiro atoms. The van der Waals surface area contributed by atoms with E-state index in [1.54, 1.807) is 0 Å². The number of para-hydroxylation sites is 1. The van der Waals surface area contributed by atoms with Gasteiger partial charge in [0.05, 0.1) is 6.61 Å².